The fourth-order valence-electron chi connectivity index (χ4n) is 2.11. The van der Waals surface area contributed by atoms with Gasteiger partial charge in [0.1, 0.15) is 5.54 Å². The molecule has 114 valence electrons. The second-order valence-electron chi connectivity index (χ2n) is 5.54. The smallest absolute Gasteiger partial charge is 0.324 e. The van der Waals surface area contributed by atoms with Gasteiger partial charge >= 0.3 is 6.03 Å². The van der Waals surface area contributed by atoms with Crippen molar-refractivity contribution in [1.82, 2.24) is 20.0 Å². The van der Waals surface area contributed by atoms with E-state index in [1.54, 1.807) is 37.8 Å². The first-order valence-electron chi connectivity index (χ1n) is 6.73. The number of aromatic nitrogens is 2. The Morgan fingerprint density at radius 2 is 2.14 bits per heavy atom. The number of imide groups is 1. The topological polar surface area (TPSA) is 96.3 Å². The molecule has 1 saturated heterocycles. The lowest BCUT2D eigenvalue weighted by Crippen LogP contribution is -2.40. The zero-order chi connectivity index (χ0) is 15.6. The highest BCUT2D eigenvalue weighted by Crippen LogP contribution is 2.17. The Morgan fingerprint density at radius 3 is 2.67 bits per heavy atom. The van der Waals surface area contributed by atoms with E-state index in [0.717, 1.165) is 4.90 Å². The number of hydrogen-bond acceptors (Lipinski definition) is 4. The average Bonchev–Trinajstić information content (AvgIpc) is 2.85. The lowest BCUT2D eigenvalue weighted by atomic mass is 10.1. The standard InChI is InChI=1S/C13H19N5O3/c1-13(2)11(20)18(12(21)15-13)7-4-5-10(19)14-9-6-8-17(3)16-9/h6,8H,4-5,7H2,1-3H3,(H,15,21)(H,14,16,19). The van der Waals surface area contributed by atoms with Gasteiger partial charge in [-0.2, -0.15) is 5.10 Å². The van der Waals surface area contributed by atoms with Crippen LogP contribution in [-0.2, 0) is 16.6 Å². The van der Waals surface area contributed by atoms with Crippen LogP contribution in [0.25, 0.3) is 0 Å². The Balaban J connectivity index is 1.78. The van der Waals surface area contributed by atoms with Crippen LogP contribution in [0.1, 0.15) is 26.7 Å². The molecular weight excluding hydrogens is 274 g/mol. The van der Waals surface area contributed by atoms with Crippen LogP contribution in [-0.4, -0.2) is 44.6 Å². The largest absolute Gasteiger partial charge is 0.325 e. The minimum absolute atomic E-state index is 0.194. The molecule has 4 amide bonds. The summed E-state index contributed by atoms with van der Waals surface area (Å²) in [6.45, 7) is 3.53. The Kier molecular flexibility index (Phi) is 3.97. The van der Waals surface area contributed by atoms with E-state index in [-0.39, 0.29) is 24.8 Å². The summed E-state index contributed by atoms with van der Waals surface area (Å²) >= 11 is 0. The van der Waals surface area contributed by atoms with Gasteiger partial charge in [0.25, 0.3) is 5.91 Å². The van der Waals surface area contributed by atoms with Crippen LogP contribution >= 0.6 is 0 Å². The molecule has 1 aromatic rings. The molecule has 0 aromatic carbocycles. The molecule has 2 heterocycles. The van der Waals surface area contributed by atoms with Crippen molar-refractivity contribution in [2.75, 3.05) is 11.9 Å². The number of urea groups is 1. The summed E-state index contributed by atoms with van der Waals surface area (Å²) in [5.41, 5.74) is -0.868. The molecule has 0 aliphatic carbocycles. The van der Waals surface area contributed by atoms with E-state index < -0.39 is 11.6 Å². The first kappa shape index (κ1) is 15.0. The van der Waals surface area contributed by atoms with Crippen molar-refractivity contribution in [3.63, 3.8) is 0 Å². The zero-order valence-corrected chi connectivity index (χ0v) is 12.3. The quantitative estimate of drug-likeness (QED) is 0.771. The number of carbonyl (C=O) groups is 3. The maximum absolute atomic E-state index is 11.9. The van der Waals surface area contributed by atoms with Crippen molar-refractivity contribution < 1.29 is 14.4 Å². The summed E-state index contributed by atoms with van der Waals surface area (Å²) in [7, 11) is 1.76. The van der Waals surface area contributed by atoms with E-state index in [4.69, 9.17) is 0 Å². The lowest BCUT2D eigenvalue weighted by molar-refractivity contribution is -0.130. The first-order chi connectivity index (χ1) is 9.79. The summed E-state index contributed by atoms with van der Waals surface area (Å²) in [6, 6.07) is 1.29. The second-order valence-corrected chi connectivity index (χ2v) is 5.54. The van der Waals surface area contributed by atoms with E-state index in [1.165, 1.54) is 0 Å². The van der Waals surface area contributed by atoms with Crippen LogP contribution in [0.2, 0.25) is 0 Å². The summed E-state index contributed by atoms with van der Waals surface area (Å²) in [5.74, 6) is 0.0243. The van der Waals surface area contributed by atoms with Gasteiger partial charge in [-0.3, -0.25) is 19.2 Å². The number of anilines is 1. The van der Waals surface area contributed by atoms with Crippen LogP contribution in [0.15, 0.2) is 12.3 Å². The fourth-order valence-corrected chi connectivity index (χ4v) is 2.11. The van der Waals surface area contributed by atoms with E-state index in [0.29, 0.717) is 12.2 Å². The molecule has 1 aromatic heterocycles. The molecule has 1 fully saturated rings. The third-order valence-electron chi connectivity index (χ3n) is 3.21. The average molecular weight is 293 g/mol. The van der Waals surface area contributed by atoms with Crippen LogP contribution in [0.3, 0.4) is 0 Å². The van der Waals surface area contributed by atoms with Gasteiger partial charge in [0, 0.05) is 32.3 Å². The number of carbonyl (C=O) groups excluding carboxylic acids is 3. The molecule has 2 rings (SSSR count). The molecule has 1 aliphatic heterocycles. The molecule has 0 bridgehead atoms. The highest BCUT2D eigenvalue weighted by Gasteiger charge is 2.43. The molecule has 0 saturated carbocycles. The van der Waals surface area contributed by atoms with Gasteiger partial charge in [-0.1, -0.05) is 0 Å². The Hall–Kier alpha value is -2.38. The molecular formula is C13H19N5O3. The molecule has 0 unspecified atom stereocenters. The zero-order valence-electron chi connectivity index (χ0n) is 12.3. The summed E-state index contributed by atoms with van der Waals surface area (Å²) in [5, 5.41) is 9.29. The van der Waals surface area contributed by atoms with Gasteiger partial charge in [0.2, 0.25) is 5.91 Å². The molecule has 2 N–H and O–H groups in total. The third-order valence-corrected chi connectivity index (χ3v) is 3.21. The monoisotopic (exact) mass is 293 g/mol. The maximum Gasteiger partial charge on any atom is 0.325 e. The van der Waals surface area contributed by atoms with Gasteiger partial charge < -0.3 is 10.6 Å². The molecule has 0 atom stereocenters. The van der Waals surface area contributed by atoms with Crippen molar-refractivity contribution >= 4 is 23.7 Å². The SMILES string of the molecule is Cn1ccc(NC(=O)CCCN2C(=O)NC(C)(C)C2=O)n1. The first-order valence-corrected chi connectivity index (χ1v) is 6.73. The second kappa shape index (κ2) is 5.55. The number of hydrogen-bond donors (Lipinski definition) is 2. The van der Waals surface area contributed by atoms with Crippen molar-refractivity contribution in [1.29, 1.82) is 0 Å². The van der Waals surface area contributed by atoms with Crippen molar-refractivity contribution in [3.8, 4) is 0 Å². The van der Waals surface area contributed by atoms with E-state index in [2.05, 4.69) is 15.7 Å². The number of rotatable bonds is 5. The van der Waals surface area contributed by atoms with Crippen molar-refractivity contribution in [2.24, 2.45) is 7.05 Å². The normalized spacial score (nSPS) is 17.0. The molecule has 21 heavy (non-hydrogen) atoms. The third kappa shape index (κ3) is 3.39. The van der Waals surface area contributed by atoms with E-state index in [9.17, 15) is 14.4 Å². The Bertz CT molecular complexity index is 578. The number of aryl methyl sites for hydroxylation is 1. The Labute approximate surface area is 122 Å². The Morgan fingerprint density at radius 1 is 1.43 bits per heavy atom. The lowest BCUT2D eigenvalue weighted by Gasteiger charge is -2.15. The predicted octanol–water partition coefficient (Wildman–Crippen LogP) is 0.469. The van der Waals surface area contributed by atoms with Gasteiger partial charge in [-0.15, -0.1) is 0 Å². The molecule has 0 radical (unpaired) electrons. The minimum Gasteiger partial charge on any atom is -0.324 e. The van der Waals surface area contributed by atoms with Gasteiger partial charge in [-0.05, 0) is 20.3 Å². The van der Waals surface area contributed by atoms with Crippen LogP contribution in [0, 0.1) is 0 Å². The van der Waals surface area contributed by atoms with Gasteiger partial charge in [0.15, 0.2) is 5.82 Å². The highest BCUT2D eigenvalue weighted by molar-refractivity contribution is 6.06. The van der Waals surface area contributed by atoms with Gasteiger partial charge in [0.05, 0.1) is 0 Å². The number of nitrogens with one attached hydrogen (secondary N) is 2. The molecule has 0 spiro atoms. The van der Waals surface area contributed by atoms with Crippen molar-refractivity contribution in [3.05, 3.63) is 12.3 Å². The summed E-state index contributed by atoms with van der Waals surface area (Å²) < 4.78 is 1.59. The number of amides is 4. The molecule has 8 nitrogen and oxygen atoms in total. The molecule has 1 aliphatic rings. The van der Waals surface area contributed by atoms with Crippen LogP contribution < -0.4 is 10.6 Å². The number of nitrogens with zero attached hydrogens (tertiary/aromatic N) is 3. The van der Waals surface area contributed by atoms with E-state index >= 15 is 0 Å². The van der Waals surface area contributed by atoms with Crippen LogP contribution in [0.5, 0.6) is 0 Å². The van der Waals surface area contributed by atoms with Gasteiger partial charge in [-0.25, -0.2) is 4.79 Å². The maximum atomic E-state index is 11.9. The summed E-state index contributed by atoms with van der Waals surface area (Å²) in [4.78, 5) is 36.5. The van der Waals surface area contributed by atoms with Crippen molar-refractivity contribution in [2.45, 2.75) is 32.2 Å². The van der Waals surface area contributed by atoms with E-state index in [1.807, 2.05) is 0 Å². The van der Waals surface area contributed by atoms with Crippen LogP contribution in [0.4, 0.5) is 10.6 Å². The molecule has 8 heteroatoms. The fraction of sp³-hybridized carbons (Fsp3) is 0.538. The minimum atomic E-state index is -0.868. The summed E-state index contributed by atoms with van der Waals surface area (Å²) in [6.07, 6.45) is 2.35. The predicted molar refractivity (Wildman–Crippen MR) is 75.4 cm³/mol. The highest BCUT2D eigenvalue weighted by atomic mass is 16.2.